The number of carbonyl (C=O) groups is 6. The van der Waals surface area contributed by atoms with Crippen molar-refractivity contribution >= 4 is 35.4 Å². The Morgan fingerprint density at radius 3 is 1.18 bits per heavy atom. The van der Waals surface area contributed by atoms with Crippen molar-refractivity contribution in [3.63, 3.8) is 0 Å². The lowest BCUT2D eigenvalue weighted by Crippen LogP contribution is -2.62. The van der Waals surface area contributed by atoms with E-state index >= 15 is 0 Å². The molecule has 0 aromatic rings. The van der Waals surface area contributed by atoms with Gasteiger partial charge in [0.05, 0.1) is 0 Å². The Kier molecular flexibility index (Phi) is 13.4. The third-order valence-corrected chi connectivity index (χ3v) is 7.18. The summed E-state index contributed by atoms with van der Waals surface area (Å²) in [6, 6.07) is -5.89. The molecule has 6 amide bonds. The highest BCUT2D eigenvalue weighted by Crippen LogP contribution is 2.12. The van der Waals surface area contributed by atoms with Gasteiger partial charge in [-0.1, -0.05) is 54.4 Å². The number of hydrogen-bond acceptors (Lipinski definition) is 6. The van der Waals surface area contributed by atoms with Crippen LogP contribution in [0.15, 0.2) is 0 Å². The van der Waals surface area contributed by atoms with Gasteiger partial charge in [-0.2, -0.15) is 0 Å². The number of hydrogen-bond donors (Lipinski definition) is 6. The highest BCUT2D eigenvalue weighted by Gasteiger charge is 2.34. The molecule has 0 spiro atoms. The molecule has 0 aliphatic carbocycles. The monoisotopic (exact) mass is 552 g/mol. The minimum atomic E-state index is -1.01. The van der Waals surface area contributed by atoms with Crippen molar-refractivity contribution in [1.82, 2.24) is 31.9 Å². The number of nitrogens with one attached hydrogen (secondary N) is 6. The minimum Gasteiger partial charge on any atom is -0.343 e. The Morgan fingerprint density at radius 2 is 0.846 bits per heavy atom. The predicted octanol–water partition coefficient (Wildman–Crippen LogP) is 0.107. The molecule has 8 unspecified atom stereocenters. The highest BCUT2D eigenvalue weighted by molar-refractivity contribution is 5.98. The van der Waals surface area contributed by atoms with E-state index in [9.17, 15) is 28.8 Å². The van der Waals surface area contributed by atoms with Crippen LogP contribution in [0, 0.1) is 17.8 Å². The summed E-state index contributed by atoms with van der Waals surface area (Å²) in [5.74, 6) is -3.89. The molecule has 0 aromatic heterocycles. The van der Waals surface area contributed by atoms with E-state index in [1.165, 1.54) is 20.8 Å². The maximum absolute atomic E-state index is 13.1. The minimum absolute atomic E-state index is 0.0402. The summed E-state index contributed by atoms with van der Waals surface area (Å²) in [5.41, 5.74) is 0. The van der Waals surface area contributed by atoms with E-state index < -0.39 is 71.7 Å². The molecule has 1 saturated heterocycles. The lowest BCUT2D eigenvalue weighted by Gasteiger charge is -2.30. The van der Waals surface area contributed by atoms with Gasteiger partial charge in [0, 0.05) is 0 Å². The van der Waals surface area contributed by atoms with Crippen LogP contribution >= 0.6 is 0 Å². The van der Waals surface area contributed by atoms with E-state index in [2.05, 4.69) is 31.9 Å². The molecule has 1 aliphatic rings. The first kappa shape index (κ1) is 33.8. The largest absolute Gasteiger partial charge is 0.343 e. The van der Waals surface area contributed by atoms with Crippen LogP contribution in [-0.4, -0.2) is 71.7 Å². The lowest BCUT2D eigenvalue weighted by atomic mass is 9.96. The number of rotatable bonds is 6. The Hall–Kier alpha value is -3.18. The fraction of sp³-hybridized carbons (Fsp3) is 0.778. The molecule has 12 heteroatoms. The third kappa shape index (κ3) is 10.1. The second-order valence-electron chi connectivity index (χ2n) is 11.1. The van der Waals surface area contributed by atoms with Gasteiger partial charge in [0.1, 0.15) is 36.3 Å². The van der Waals surface area contributed by atoms with Crippen LogP contribution in [0.5, 0.6) is 0 Å². The molecule has 12 nitrogen and oxygen atoms in total. The van der Waals surface area contributed by atoms with Crippen LogP contribution in [0.3, 0.4) is 0 Å². The Bertz CT molecular complexity index is 901. The molecule has 1 aliphatic heterocycles. The predicted molar refractivity (Wildman–Crippen MR) is 147 cm³/mol. The molecule has 222 valence electrons. The normalized spacial score (nSPS) is 30.0. The van der Waals surface area contributed by atoms with Crippen LogP contribution in [0.1, 0.15) is 81.6 Å². The van der Waals surface area contributed by atoms with Crippen molar-refractivity contribution in [3.05, 3.63) is 0 Å². The maximum atomic E-state index is 13.1. The Balaban J connectivity index is 3.43. The van der Waals surface area contributed by atoms with Crippen molar-refractivity contribution in [2.75, 3.05) is 0 Å². The Labute approximate surface area is 231 Å². The third-order valence-electron chi connectivity index (χ3n) is 7.18. The highest BCUT2D eigenvalue weighted by atomic mass is 16.2. The average molecular weight is 553 g/mol. The van der Waals surface area contributed by atoms with E-state index in [-0.39, 0.29) is 17.8 Å². The fourth-order valence-corrected chi connectivity index (χ4v) is 4.08. The summed E-state index contributed by atoms with van der Waals surface area (Å²) in [5, 5.41) is 15.9. The zero-order chi connectivity index (χ0) is 30.0. The van der Waals surface area contributed by atoms with Gasteiger partial charge in [-0.3, -0.25) is 28.8 Å². The van der Waals surface area contributed by atoms with E-state index in [4.69, 9.17) is 0 Å². The van der Waals surface area contributed by atoms with Crippen molar-refractivity contribution in [1.29, 1.82) is 0 Å². The van der Waals surface area contributed by atoms with Gasteiger partial charge in [0.2, 0.25) is 35.4 Å². The average Bonchev–Trinajstić information content (AvgIpc) is 2.87. The molecule has 0 radical (unpaired) electrons. The SMILES string of the molecule is CCC(C)C1NC(=O)C(C)NC(=O)C(C(C)CC)NC(=O)C(C)NC(=O)C(CC(C)C)NC(=O)C(C)NC1=O. The second kappa shape index (κ2) is 15.4. The molecule has 6 N–H and O–H groups in total. The maximum Gasteiger partial charge on any atom is 0.243 e. The van der Waals surface area contributed by atoms with Crippen molar-refractivity contribution in [2.45, 2.75) is 118 Å². The zero-order valence-corrected chi connectivity index (χ0v) is 24.8. The fourth-order valence-electron chi connectivity index (χ4n) is 4.08. The molecular formula is C27H48N6O6. The van der Waals surface area contributed by atoms with Crippen LogP contribution in [0.25, 0.3) is 0 Å². The van der Waals surface area contributed by atoms with E-state index in [1.54, 1.807) is 13.8 Å². The first-order chi connectivity index (χ1) is 18.1. The summed E-state index contributed by atoms with van der Waals surface area (Å²) in [6.07, 6.45) is 1.43. The van der Waals surface area contributed by atoms with Gasteiger partial charge < -0.3 is 31.9 Å². The van der Waals surface area contributed by atoms with Crippen LogP contribution in [0.4, 0.5) is 0 Å². The van der Waals surface area contributed by atoms with Gasteiger partial charge >= 0.3 is 0 Å². The quantitative estimate of drug-likeness (QED) is 0.273. The lowest BCUT2D eigenvalue weighted by molar-refractivity contribution is -0.137. The summed E-state index contributed by atoms with van der Waals surface area (Å²) in [7, 11) is 0. The van der Waals surface area contributed by atoms with Crippen LogP contribution in [-0.2, 0) is 28.8 Å². The van der Waals surface area contributed by atoms with Crippen LogP contribution in [0.2, 0.25) is 0 Å². The van der Waals surface area contributed by atoms with Crippen molar-refractivity contribution in [3.8, 4) is 0 Å². The molecule has 0 aromatic carbocycles. The van der Waals surface area contributed by atoms with Gasteiger partial charge in [0.25, 0.3) is 0 Å². The molecule has 1 heterocycles. The van der Waals surface area contributed by atoms with Gasteiger partial charge in [-0.25, -0.2) is 0 Å². The van der Waals surface area contributed by atoms with Gasteiger partial charge in [-0.05, 0) is 44.9 Å². The molecule has 1 rings (SSSR count). The number of carbonyl (C=O) groups excluding carboxylic acids is 6. The molecule has 0 bridgehead atoms. The summed E-state index contributed by atoms with van der Waals surface area (Å²) >= 11 is 0. The van der Waals surface area contributed by atoms with Crippen molar-refractivity contribution in [2.24, 2.45) is 17.8 Å². The van der Waals surface area contributed by atoms with Crippen LogP contribution < -0.4 is 31.9 Å². The first-order valence-electron chi connectivity index (χ1n) is 13.9. The summed E-state index contributed by atoms with van der Waals surface area (Å²) in [6.45, 7) is 15.6. The smallest absolute Gasteiger partial charge is 0.243 e. The van der Waals surface area contributed by atoms with E-state index in [0.717, 1.165) is 0 Å². The summed E-state index contributed by atoms with van der Waals surface area (Å²) in [4.78, 5) is 78.3. The first-order valence-corrected chi connectivity index (χ1v) is 13.9. The van der Waals surface area contributed by atoms with Gasteiger partial charge in [-0.15, -0.1) is 0 Å². The molecule has 8 atom stereocenters. The topological polar surface area (TPSA) is 175 Å². The molecule has 0 saturated carbocycles. The van der Waals surface area contributed by atoms with Gasteiger partial charge in [0.15, 0.2) is 0 Å². The standard InChI is InChI=1S/C27H48N6O6/c1-10-14(5)20-26(38)29-16(7)22(34)31-19(12-13(3)4)25(37)28-17(8)23(35)32-21(15(6)11-2)27(39)30-18(9)24(36)33-20/h13-21H,10-12H2,1-9H3,(H,28,37)(H,29,38)(H,30,39)(H,31,34)(H,32,35)(H,33,36). The number of amides is 6. The van der Waals surface area contributed by atoms with Crippen molar-refractivity contribution < 1.29 is 28.8 Å². The van der Waals surface area contributed by atoms with E-state index in [0.29, 0.717) is 19.3 Å². The molecule has 1 fully saturated rings. The second-order valence-corrected chi connectivity index (χ2v) is 11.1. The summed E-state index contributed by atoms with van der Waals surface area (Å²) < 4.78 is 0. The Morgan fingerprint density at radius 1 is 0.513 bits per heavy atom. The molecular weight excluding hydrogens is 504 g/mol. The van der Waals surface area contributed by atoms with E-state index in [1.807, 2.05) is 27.7 Å². The zero-order valence-electron chi connectivity index (χ0n) is 24.8. The molecule has 39 heavy (non-hydrogen) atoms.